The summed E-state index contributed by atoms with van der Waals surface area (Å²) in [6.07, 6.45) is 0. The monoisotopic (exact) mass is 863 g/mol. The van der Waals surface area contributed by atoms with Crippen LogP contribution in [0.15, 0.2) is 158 Å². The molecule has 0 amide bonds. The van der Waals surface area contributed by atoms with Crippen molar-refractivity contribution in [2.75, 3.05) is 0 Å². The molecule has 324 valence electrons. The van der Waals surface area contributed by atoms with E-state index in [2.05, 4.69) is 233 Å². The first-order valence-electron chi connectivity index (χ1n) is 24.1. The molecule has 0 aliphatic rings. The van der Waals surface area contributed by atoms with Crippen LogP contribution in [0.5, 0.6) is 0 Å². The number of benzene rings is 9. The predicted molar refractivity (Wildman–Crippen MR) is 289 cm³/mol. The number of para-hydroxylation sites is 2. The number of aromatic nitrogens is 3. The van der Waals surface area contributed by atoms with Crippen molar-refractivity contribution in [1.29, 1.82) is 0 Å². The third-order valence-electron chi connectivity index (χ3n) is 15.5. The minimum absolute atomic E-state index is 0.0208. The van der Waals surface area contributed by atoms with Crippen molar-refractivity contribution in [2.45, 2.75) is 78.6 Å². The van der Waals surface area contributed by atoms with Gasteiger partial charge in [-0.3, -0.25) is 0 Å². The van der Waals surface area contributed by atoms with Gasteiger partial charge in [0.2, 0.25) is 0 Å². The molecule has 3 nitrogen and oxygen atoms in total. The maximum atomic E-state index is 2.66. The summed E-state index contributed by atoms with van der Waals surface area (Å²) in [5.41, 5.74) is 17.9. The average Bonchev–Trinajstić information content (AvgIpc) is 4.10. The first-order valence-corrected chi connectivity index (χ1v) is 24.1. The van der Waals surface area contributed by atoms with Crippen LogP contribution in [0.4, 0.5) is 0 Å². The zero-order chi connectivity index (χ0) is 45.6. The van der Waals surface area contributed by atoms with Gasteiger partial charge in [-0.05, 0) is 134 Å². The second-order valence-corrected chi connectivity index (χ2v) is 22.7. The second kappa shape index (κ2) is 12.7. The standard InChI is InChI=1S/C64H53N3/c1-62(2,3)38-24-26-55-46(29-38)49-30-39(63(4,5)6)31-50-47-35-57-48(34-56(47)66(55)59(49)50)51-32-40(64(7,8)9)33-52-58-42-20-14-13-17-36(42)27-44(61(58)67(57)60(51)52)37-23-25-54-45(28-37)43-21-15-16-22-53(43)65(54)41-18-11-10-12-19-41/h10-35H,1-9H3. The highest BCUT2D eigenvalue weighted by atomic mass is 15.0. The van der Waals surface area contributed by atoms with Gasteiger partial charge in [0.25, 0.3) is 0 Å². The lowest BCUT2D eigenvalue weighted by Crippen LogP contribution is -2.11. The van der Waals surface area contributed by atoms with E-state index < -0.39 is 0 Å². The molecule has 0 radical (unpaired) electrons. The minimum Gasteiger partial charge on any atom is -0.309 e. The lowest BCUT2D eigenvalue weighted by atomic mass is 9.84. The van der Waals surface area contributed by atoms with Crippen molar-refractivity contribution < 1.29 is 0 Å². The van der Waals surface area contributed by atoms with Crippen LogP contribution in [0.2, 0.25) is 0 Å². The summed E-state index contributed by atoms with van der Waals surface area (Å²) in [7, 11) is 0. The molecule has 14 aromatic rings. The van der Waals surface area contributed by atoms with Crippen LogP contribution in [0.1, 0.15) is 79.0 Å². The van der Waals surface area contributed by atoms with E-state index in [-0.39, 0.29) is 16.2 Å². The Balaban J connectivity index is 1.16. The van der Waals surface area contributed by atoms with Gasteiger partial charge in [-0.2, -0.15) is 0 Å². The molecule has 0 fully saturated rings. The zero-order valence-electron chi connectivity index (χ0n) is 39.9. The quantitative estimate of drug-likeness (QED) is 0.164. The molecule has 14 rings (SSSR count). The number of fused-ring (bicyclic) bond motifs is 17. The van der Waals surface area contributed by atoms with E-state index in [1.54, 1.807) is 0 Å². The summed E-state index contributed by atoms with van der Waals surface area (Å²) in [4.78, 5) is 0. The van der Waals surface area contributed by atoms with Crippen LogP contribution >= 0.6 is 0 Å². The van der Waals surface area contributed by atoms with Crippen molar-refractivity contribution in [3.8, 4) is 16.8 Å². The van der Waals surface area contributed by atoms with E-state index in [9.17, 15) is 0 Å². The van der Waals surface area contributed by atoms with Crippen molar-refractivity contribution in [3.63, 3.8) is 0 Å². The Morgan fingerprint density at radius 3 is 1.49 bits per heavy atom. The molecule has 5 aromatic heterocycles. The van der Waals surface area contributed by atoms with Crippen LogP contribution in [0.3, 0.4) is 0 Å². The summed E-state index contributed by atoms with van der Waals surface area (Å²) in [5.74, 6) is 0. The lowest BCUT2D eigenvalue weighted by molar-refractivity contribution is 0.590. The Morgan fingerprint density at radius 2 is 0.821 bits per heavy atom. The maximum Gasteiger partial charge on any atom is 0.0626 e. The van der Waals surface area contributed by atoms with Crippen LogP contribution in [0.25, 0.3) is 126 Å². The first kappa shape index (κ1) is 38.9. The molecule has 0 spiro atoms. The minimum atomic E-state index is -0.0584. The Morgan fingerprint density at radius 1 is 0.313 bits per heavy atom. The molecule has 0 N–H and O–H groups in total. The largest absolute Gasteiger partial charge is 0.309 e. The molecule has 0 atom stereocenters. The number of nitrogens with zero attached hydrogens (tertiary/aromatic N) is 3. The molecular weight excluding hydrogens is 811 g/mol. The zero-order valence-corrected chi connectivity index (χ0v) is 39.9. The van der Waals surface area contributed by atoms with Gasteiger partial charge in [-0.25, -0.2) is 0 Å². The van der Waals surface area contributed by atoms with E-state index in [1.165, 1.54) is 142 Å². The Hall–Kier alpha value is -7.36. The number of hydrogen-bond acceptors (Lipinski definition) is 0. The summed E-state index contributed by atoms with van der Waals surface area (Å²) >= 11 is 0. The maximum absolute atomic E-state index is 2.66. The molecule has 0 aliphatic carbocycles. The number of rotatable bonds is 2. The molecule has 67 heavy (non-hydrogen) atoms. The van der Waals surface area contributed by atoms with Gasteiger partial charge in [-0.1, -0.05) is 135 Å². The topological polar surface area (TPSA) is 13.8 Å². The van der Waals surface area contributed by atoms with Crippen LogP contribution in [0, 0.1) is 0 Å². The summed E-state index contributed by atoms with van der Waals surface area (Å²) < 4.78 is 7.67. The molecule has 3 heteroatoms. The Bertz CT molecular complexity index is 4410. The Labute approximate surface area is 390 Å². The van der Waals surface area contributed by atoms with Crippen molar-refractivity contribution in [2.24, 2.45) is 0 Å². The Kier molecular flexibility index (Phi) is 7.39. The van der Waals surface area contributed by atoms with Crippen LogP contribution < -0.4 is 0 Å². The molecule has 5 heterocycles. The average molecular weight is 864 g/mol. The van der Waals surface area contributed by atoms with Gasteiger partial charge in [0.1, 0.15) is 0 Å². The van der Waals surface area contributed by atoms with E-state index in [4.69, 9.17) is 0 Å². The highest BCUT2D eigenvalue weighted by Crippen LogP contribution is 2.50. The molecular formula is C64H53N3. The highest BCUT2D eigenvalue weighted by molar-refractivity contribution is 6.33. The van der Waals surface area contributed by atoms with E-state index in [0.717, 1.165) is 0 Å². The van der Waals surface area contributed by atoms with Crippen molar-refractivity contribution in [1.82, 2.24) is 13.4 Å². The van der Waals surface area contributed by atoms with Crippen LogP contribution in [-0.2, 0) is 16.2 Å². The normalized spacial score (nSPS) is 13.4. The molecule has 0 saturated heterocycles. The van der Waals surface area contributed by atoms with Gasteiger partial charge < -0.3 is 13.4 Å². The fourth-order valence-electron chi connectivity index (χ4n) is 12.0. The SMILES string of the molecule is CC(C)(C)c1ccc2c(c1)c1cc(C(C)(C)C)cc3c4cc5c(cc4n2c13)c1cc(C(C)(C)C)cc2c3c4ccccc4cc(-c4ccc6c(c4)c4ccccc4n6-c4ccccc4)c3n5c12. The fraction of sp³-hybridized carbons (Fsp3) is 0.188. The molecule has 0 aliphatic heterocycles. The second-order valence-electron chi connectivity index (χ2n) is 22.7. The third-order valence-corrected chi connectivity index (χ3v) is 15.5. The molecule has 0 saturated carbocycles. The van der Waals surface area contributed by atoms with Gasteiger partial charge >= 0.3 is 0 Å². The molecule has 0 unspecified atom stereocenters. The van der Waals surface area contributed by atoms with Gasteiger partial charge in [0.05, 0.1) is 44.1 Å². The van der Waals surface area contributed by atoms with Gasteiger partial charge in [-0.15, -0.1) is 0 Å². The van der Waals surface area contributed by atoms with E-state index in [0.29, 0.717) is 0 Å². The van der Waals surface area contributed by atoms with Gasteiger partial charge in [0, 0.05) is 65.1 Å². The number of hydrogen-bond donors (Lipinski definition) is 0. The van der Waals surface area contributed by atoms with Crippen molar-refractivity contribution >= 4 is 109 Å². The first-order chi connectivity index (χ1) is 32.1. The lowest BCUT2D eigenvalue weighted by Gasteiger charge is -2.20. The third kappa shape index (κ3) is 5.18. The molecule has 9 aromatic carbocycles. The summed E-state index contributed by atoms with van der Waals surface area (Å²) in [6.45, 7) is 21.1. The van der Waals surface area contributed by atoms with E-state index >= 15 is 0 Å². The van der Waals surface area contributed by atoms with E-state index in [1.807, 2.05) is 0 Å². The summed E-state index contributed by atoms with van der Waals surface area (Å²) in [5, 5.41) is 15.7. The van der Waals surface area contributed by atoms with Gasteiger partial charge in [0.15, 0.2) is 0 Å². The highest BCUT2D eigenvalue weighted by Gasteiger charge is 2.29. The fourth-order valence-corrected chi connectivity index (χ4v) is 12.0. The van der Waals surface area contributed by atoms with Crippen molar-refractivity contribution in [3.05, 3.63) is 174 Å². The predicted octanol–water partition coefficient (Wildman–Crippen LogP) is 17.8. The van der Waals surface area contributed by atoms with Crippen LogP contribution in [-0.4, -0.2) is 13.4 Å². The summed E-state index contributed by atoms with van der Waals surface area (Å²) in [6, 6.07) is 60.7. The molecule has 0 bridgehead atoms. The smallest absolute Gasteiger partial charge is 0.0626 e.